The molecule has 1 heterocycles. The normalized spacial score (nSPS) is 10.9. The van der Waals surface area contributed by atoms with E-state index in [1.165, 1.54) is 16.6 Å². The largest absolute Gasteiger partial charge is 0.497 e. The highest BCUT2D eigenvalue weighted by Crippen LogP contribution is 2.19. The highest BCUT2D eigenvalue weighted by atomic mass is 16.5. The van der Waals surface area contributed by atoms with Crippen LogP contribution >= 0.6 is 0 Å². The summed E-state index contributed by atoms with van der Waals surface area (Å²) in [5.41, 5.74) is 5.20. The van der Waals surface area contributed by atoms with Gasteiger partial charge in [-0.25, -0.2) is 4.79 Å². The lowest BCUT2D eigenvalue weighted by atomic mass is 10.2. The third kappa shape index (κ3) is 6.95. The summed E-state index contributed by atoms with van der Waals surface area (Å²) in [5, 5.41) is 2.76. The van der Waals surface area contributed by atoms with Crippen molar-refractivity contribution in [2.75, 3.05) is 44.5 Å². The molecule has 0 aliphatic carbocycles. The molecule has 186 valence electrons. The number of aromatic nitrogens is 2. The van der Waals surface area contributed by atoms with E-state index >= 15 is 0 Å². The van der Waals surface area contributed by atoms with Crippen molar-refractivity contribution in [3.63, 3.8) is 0 Å². The topological polar surface area (TPSA) is 149 Å². The molecule has 1 aromatic heterocycles. The van der Waals surface area contributed by atoms with Gasteiger partial charge in [0.15, 0.2) is 5.69 Å². The minimum Gasteiger partial charge on any atom is -0.497 e. The van der Waals surface area contributed by atoms with E-state index in [2.05, 4.69) is 10.3 Å². The molecule has 11 heteroatoms. The first-order chi connectivity index (χ1) is 16.2. The number of H-pyrrole nitrogens is 1. The Morgan fingerprint density at radius 2 is 1.85 bits per heavy atom. The van der Waals surface area contributed by atoms with Crippen LogP contribution in [0.5, 0.6) is 5.75 Å². The number of hydrogen-bond acceptors (Lipinski definition) is 7. The lowest BCUT2D eigenvalue weighted by Crippen LogP contribution is -2.43. The summed E-state index contributed by atoms with van der Waals surface area (Å²) in [5.74, 6) is 0.0265. The number of methoxy groups -OCH3 is 2. The molecule has 0 aliphatic heterocycles. The molecule has 0 unspecified atom stereocenters. The average molecular weight is 476 g/mol. The van der Waals surface area contributed by atoms with Gasteiger partial charge < -0.3 is 25.4 Å². The summed E-state index contributed by atoms with van der Waals surface area (Å²) < 4.78 is 11.4. The Labute approximate surface area is 197 Å². The Hall–Kier alpha value is -3.60. The van der Waals surface area contributed by atoms with Gasteiger partial charge in [0.25, 0.3) is 11.5 Å². The molecule has 0 fully saturated rings. The first-order valence-corrected chi connectivity index (χ1v) is 11.0. The molecule has 11 nitrogen and oxygen atoms in total. The molecule has 0 spiro atoms. The summed E-state index contributed by atoms with van der Waals surface area (Å²) in [6, 6.07) is 6.67. The molecule has 0 saturated carbocycles. The second-order valence-electron chi connectivity index (χ2n) is 8.12. The van der Waals surface area contributed by atoms with Crippen LogP contribution in [-0.4, -0.2) is 55.3 Å². The minimum absolute atomic E-state index is 0.0504. The maximum Gasteiger partial charge on any atom is 0.330 e. The van der Waals surface area contributed by atoms with Crippen LogP contribution < -0.4 is 31.9 Å². The Morgan fingerprint density at radius 1 is 1.18 bits per heavy atom. The first kappa shape index (κ1) is 26.7. The standard InChI is InChI=1S/C23H33N5O6/c1-15(2)14-28-20(24)19(22(31)26-23(28)32)27(12-13-33-3)18(29)6-5-11-25-21(30)16-7-9-17(34-4)10-8-16/h7-10,15H,5-6,11-14,24H2,1-4H3,(H,25,30)(H,26,31,32). The van der Waals surface area contributed by atoms with Crippen LogP contribution in [-0.2, 0) is 16.1 Å². The van der Waals surface area contributed by atoms with E-state index in [4.69, 9.17) is 15.2 Å². The van der Waals surface area contributed by atoms with Crippen LogP contribution in [0.3, 0.4) is 0 Å². The van der Waals surface area contributed by atoms with Crippen molar-refractivity contribution in [3.05, 3.63) is 50.7 Å². The van der Waals surface area contributed by atoms with E-state index in [1.807, 2.05) is 13.8 Å². The van der Waals surface area contributed by atoms with Gasteiger partial charge in [-0.1, -0.05) is 13.8 Å². The van der Waals surface area contributed by atoms with Crippen LogP contribution in [0.1, 0.15) is 37.0 Å². The third-order valence-electron chi connectivity index (χ3n) is 5.06. The lowest BCUT2D eigenvalue weighted by Gasteiger charge is -2.24. The van der Waals surface area contributed by atoms with Crippen LogP contribution in [0, 0.1) is 5.92 Å². The zero-order chi connectivity index (χ0) is 25.3. The van der Waals surface area contributed by atoms with Crippen LogP contribution in [0.25, 0.3) is 0 Å². The van der Waals surface area contributed by atoms with Crippen LogP contribution in [0.2, 0.25) is 0 Å². The molecular weight excluding hydrogens is 442 g/mol. The number of carbonyl (C=O) groups is 2. The number of anilines is 2. The number of nitrogens with two attached hydrogens (primary N) is 1. The van der Waals surface area contributed by atoms with Crippen molar-refractivity contribution in [1.82, 2.24) is 14.9 Å². The maximum absolute atomic E-state index is 13.0. The zero-order valence-electron chi connectivity index (χ0n) is 20.1. The second-order valence-corrected chi connectivity index (χ2v) is 8.12. The third-order valence-corrected chi connectivity index (χ3v) is 5.06. The number of nitrogen functional groups attached to an aromatic ring is 1. The predicted octanol–water partition coefficient (Wildman–Crippen LogP) is 0.973. The van der Waals surface area contributed by atoms with Gasteiger partial charge >= 0.3 is 5.69 Å². The Morgan fingerprint density at radius 3 is 2.44 bits per heavy atom. The van der Waals surface area contributed by atoms with Crippen molar-refractivity contribution in [1.29, 1.82) is 0 Å². The van der Waals surface area contributed by atoms with E-state index in [1.54, 1.807) is 31.4 Å². The molecule has 0 atom stereocenters. The molecule has 34 heavy (non-hydrogen) atoms. The monoisotopic (exact) mass is 475 g/mol. The van der Waals surface area contributed by atoms with Crippen molar-refractivity contribution in [3.8, 4) is 5.75 Å². The number of aromatic amines is 1. The van der Waals surface area contributed by atoms with Gasteiger partial charge in [0.1, 0.15) is 11.6 Å². The zero-order valence-corrected chi connectivity index (χ0v) is 20.1. The summed E-state index contributed by atoms with van der Waals surface area (Å²) in [6.07, 6.45) is 0.391. The molecule has 2 aromatic rings. The number of nitrogens with zero attached hydrogens (tertiary/aromatic N) is 2. The highest BCUT2D eigenvalue weighted by molar-refractivity contribution is 5.96. The smallest absolute Gasteiger partial charge is 0.330 e. The number of rotatable bonds is 12. The van der Waals surface area contributed by atoms with Crippen molar-refractivity contribution in [2.45, 2.75) is 33.2 Å². The number of nitrogens with one attached hydrogen (secondary N) is 2. The maximum atomic E-state index is 13.0. The molecule has 0 aliphatic rings. The van der Waals surface area contributed by atoms with E-state index in [0.29, 0.717) is 17.7 Å². The highest BCUT2D eigenvalue weighted by Gasteiger charge is 2.24. The molecular formula is C23H33N5O6. The Bertz CT molecular complexity index is 1090. The van der Waals surface area contributed by atoms with Gasteiger partial charge in [-0.15, -0.1) is 0 Å². The van der Waals surface area contributed by atoms with Gasteiger partial charge in [-0.2, -0.15) is 0 Å². The predicted molar refractivity (Wildman–Crippen MR) is 129 cm³/mol. The van der Waals surface area contributed by atoms with Crippen molar-refractivity contribution < 1.29 is 19.1 Å². The summed E-state index contributed by atoms with van der Waals surface area (Å²) in [7, 11) is 3.02. The molecule has 4 N–H and O–H groups in total. The molecule has 2 amide bonds. The fraction of sp³-hybridized carbons (Fsp3) is 0.478. The summed E-state index contributed by atoms with van der Waals surface area (Å²) in [4.78, 5) is 53.6. The molecule has 2 rings (SSSR count). The quantitative estimate of drug-likeness (QED) is 0.387. The van der Waals surface area contributed by atoms with Gasteiger partial charge in [0.05, 0.1) is 13.7 Å². The van der Waals surface area contributed by atoms with Crippen LogP contribution in [0.4, 0.5) is 11.5 Å². The number of ether oxygens (including phenoxy) is 2. The molecule has 0 radical (unpaired) electrons. The van der Waals surface area contributed by atoms with E-state index in [9.17, 15) is 19.2 Å². The van der Waals surface area contributed by atoms with Crippen LogP contribution in [0.15, 0.2) is 33.9 Å². The lowest BCUT2D eigenvalue weighted by molar-refractivity contribution is -0.118. The van der Waals surface area contributed by atoms with Gasteiger partial charge in [-0.3, -0.25) is 23.9 Å². The molecule has 0 bridgehead atoms. The van der Waals surface area contributed by atoms with E-state index < -0.39 is 11.2 Å². The molecule has 0 saturated heterocycles. The number of carbonyl (C=O) groups excluding carboxylic acids is 2. The first-order valence-electron chi connectivity index (χ1n) is 11.0. The van der Waals surface area contributed by atoms with Crippen molar-refractivity contribution >= 4 is 23.3 Å². The number of amides is 2. The average Bonchev–Trinajstić information content (AvgIpc) is 2.81. The molecule has 1 aromatic carbocycles. The van der Waals surface area contributed by atoms with E-state index in [-0.39, 0.29) is 61.9 Å². The van der Waals surface area contributed by atoms with Gasteiger partial charge in [0, 0.05) is 38.7 Å². The van der Waals surface area contributed by atoms with Crippen molar-refractivity contribution in [2.24, 2.45) is 5.92 Å². The van der Waals surface area contributed by atoms with E-state index in [0.717, 1.165) is 0 Å². The van der Waals surface area contributed by atoms with Gasteiger partial charge in [0.2, 0.25) is 5.91 Å². The minimum atomic E-state index is -0.736. The second kappa shape index (κ2) is 12.6. The SMILES string of the molecule is COCCN(C(=O)CCCNC(=O)c1ccc(OC)cc1)c1c(N)n(CC(C)C)c(=O)[nH]c1=O. The Kier molecular flexibility index (Phi) is 9.87. The number of benzene rings is 1. The fourth-order valence-corrected chi connectivity index (χ4v) is 3.35. The van der Waals surface area contributed by atoms with Gasteiger partial charge in [-0.05, 0) is 36.6 Å². The summed E-state index contributed by atoms with van der Waals surface area (Å²) >= 11 is 0. The fourth-order valence-electron chi connectivity index (χ4n) is 3.35. The number of hydrogen-bond donors (Lipinski definition) is 3. The Balaban J connectivity index is 2.10. The summed E-state index contributed by atoms with van der Waals surface area (Å²) in [6.45, 7) is 4.61.